The van der Waals surface area contributed by atoms with Crippen molar-refractivity contribution < 1.29 is 13.2 Å². The molecule has 5 nitrogen and oxygen atoms in total. The van der Waals surface area contributed by atoms with Gasteiger partial charge in [-0.2, -0.15) is 4.31 Å². The second kappa shape index (κ2) is 9.86. The summed E-state index contributed by atoms with van der Waals surface area (Å²) in [6.07, 6.45) is 0.980. The number of rotatable bonds is 6. The van der Waals surface area contributed by atoms with Gasteiger partial charge < -0.3 is 4.90 Å². The molecule has 1 amide bonds. The molecule has 166 valence electrons. The Morgan fingerprint density at radius 2 is 1.44 bits per heavy atom. The van der Waals surface area contributed by atoms with E-state index in [4.69, 9.17) is 11.6 Å². The molecule has 1 heterocycles. The van der Waals surface area contributed by atoms with Crippen LogP contribution >= 0.6 is 11.6 Å². The van der Waals surface area contributed by atoms with Crippen molar-refractivity contribution in [2.24, 2.45) is 5.92 Å². The Hall–Kier alpha value is -2.67. The van der Waals surface area contributed by atoms with Crippen LogP contribution in [0.5, 0.6) is 0 Å². The standard InChI is InChI=1S/C25H25ClN2O3S/c26-22-11-13-24(14-12-22)32(30,31)27-17-15-21(16-18-27)25(29)28(23-9-5-2-6-10-23)19-20-7-3-1-4-8-20/h1-14,21H,15-19H2. The van der Waals surface area contributed by atoms with Gasteiger partial charge in [-0.3, -0.25) is 4.79 Å². The van der Waals surface area contributed by atoms with Gasteiger partial charge in [0.1, 0.15) is 0 Å². The van der Waals surface area contributed by atoms with Gasteiger partial charge in [0.15, 0.2) is 0 Å². The molecule has 0 radical (unpaired) electrons. The predicted molar refractivity (Wildman–Crippen MR) is 127 cm³/mol. The molecule has 1 saturated heterocycles. The molecule has 0 saturated carbocycles. The fourth-order valence-electron chi connectivity index (χ4n) is 3.99. The molecule has 7 heteroatoms. The molecule has 0 atom stereocenters. The lowest BCUT2D eigenvalue weighted by atomic mass is 9.96. The number of halogens is 1. The third-order valence-electron chi connectivity index (χ3n) is 5.77. The van der Waals surface area contributed by atoms with Crippen LogP contribution in [-0.2, 0) is 21.4 Å². The van der Waals surface area contributed by atoms with E-state index in [0.29, 0.717) is 37.5 Å². The number of para-hydroxylation sites is 1. The summed E-state index contributed by atoms with van der Waals surface area (Å²) in [6, 6.07) is 25.7. The number of hydrogen-bond acceptors (Lipinski definition) is 3. The normalized spacial score (nSPS) is 15.4. The first kappa shape index (κ1) is 22.5. The van der Waals surface area contributed by atoms with E-state index in [9.17, 15) is 13.2 Å². The van der Waals surface area contributed by atoms with Gasteiger partial charge in [-0.15, -0.1) is 0 Å². The van der Waals surface area contributed by atoms with Crippen molar-refractivity contribution in [2.45, 2.75) is 24.3 Å². The quantitative estimate of drug-likeness (QED) is 0.513. The number of benzene rings is 3. The van der Waals surface area contributed by atoms with Crippen LogP contribution in [0.3, 0.4) is 0 Å². The van der Waals surface area contributed by atoms with Crippen LogP contribution in [-0.4, -0.2) is 31.7 Å². The molecule has 0 aromatic heterocycles. The van der Waals surface area contributed by atoms with E-state index in [1.54, 1.807) is 12.1 Å². The molecular formula is C25H25ClN2O3S. The number of carbonyl (C=O) groups excluding carboxylic acids is 1. The maximum Gasteiger partial charge on any atom is 0.243 e. The maximum atomic E-state index is 13.5. The number of hydrogen-bond donors (Lipinski definition) is 0. The van der Waals surface area contributed by atoms with Crippen molar-refractivity contribution in [2.75, 3.05) is 18.0 Å². The zero-order valence-electron chi connectivity index (χ0n) is 17.6. The van der Waals surface area contributed by atoms with Crippen LogP contribution in [0.25, 0.3) is 0 Å². The highest BCUT2D eigenvalue weighted by atomic mass is 35.5. The number of carbonyl (C=O) groups is 1. The lowest BCUT2D eigenvalue weighted by molar-refractivity contribution is -0.123. The third kappa shape index (κ3) is 5.04. The van der Waals surface area contributed by atoms with Gasteiger partial charge in [-0.1, -0.05) is 60.1 Å². The molecule has 3 aromatic carbocycles. The Morgan fingerprint density at radius 1 is 0.875 bits per heavy atom. The fourth-order valence-corrected chi connectivity index (χ4v) is 5.59. The highest BCUT2D eigenvalue weighted by Gasteiger charge is 2.34. The molecule has 0 aliphatic carbocycles. The van der Waals surface area contributed by atoms with Crippen LogP contribution in [0.4, 0.5) is 5.69 Å². The Balaban J connectivity index is 1.48. The molecule has 32 heavy (non-hydrogen) atoms. The molecule has 0 unspecified atom stereocenters. The average molecular weight is 469 g/mol. The SMILES string of the molecule is O=C(C1CCN(S(=O)(=O)c2ccc(Cl)cc2)CC1)N(Cc1ccccc1)c1ccccc1. The Bertz CT molecular complexity index is 1140. The Kier molecular flexibility index (Phi) is 6.94. The summed E-state index contributed by atoms with van der Waals surface area (Å²) in [6.45, 7) is 1.11. The van der Waals surface area contributed by atoms with Gasteiger partial charge in [-0.05, 0) is 54.8 Å². The largest absolute Gasteiger partial charge is 0.308 e. The van der Waals surface area contributed by atoms with Crippen LogP contribution in [0.1, 0.15) is 18.4 Å². The van der Waals surface area contributed by atoms with Crippen molar-refractivity contribution in [1.29, 1.82) is 0 Å². The van der Waals surface area contributed by atoms with E-state index < -0.39 is 10.0 Å². The molecule has 0 bridgehead atoms. The van der Waals surface area contributed by atoms with Gasteiger partial charge in [-0.25, -0.2) is 8.42 Å². The van der Waals surface area contributed by atoms with Crippen LogP contribution in [0.2, 0.25) is 5.02 Å². The van der Waals surface area contributed by atoms with Crippen molar-refractivity contribution in [1.82, 2.24) is 4.31 Å². The fraction of sp³-hybridized carbons (Fsp3) is 0.240. The van der Waals surface area contributed by atoms with Crippen LogP contribution in [0.15, 0.2) is 89.8 Å². The molecule has 1 fully saturated rings. The van der Waals surface area contributed by atoms with Crippen LogP contribution in [0, 0.1) is 5.92 Å². The summed E-state index contributed by atoms with van der Waals surface area (Å²) >= 11 is 5.89. The topological polar surface area (TPSA) is 57.7 Å². The van der Waals surface area contributed by atoms with Gasteiger partial charge in [0.05, 0.1) is 11.4 Å². The van der Waals surface area contributed by atoms with Gasteiger partial charge in [0.2, 0.25) is 15.9 Å². The second-order valence-corrected chi connectivity index (χ2v) is 10.3. The van der Waals surface area contributed by atoms with E-state index in [1.165, 1.54) is 16.4 Å². The maximum absolute atomic E-state index is 13.5. The van der Waals surface area contributed by atoms with Crippen molar-refractivity contribution in [3.63, 3.8) is 0 Å². The summed E-state index contributed by atoms with van der Waals surface area (Å²) < 4.78 is 27.4. The van der Waals surface area contributed by atoms with Gasteiger partial charge in [0, 0.05) is 29.7 Å². The Labute approximate surface area is 194 Å². The Morgan fingerprint density at radius 3 is 2.03 bits per heavy atom. The minimum Gasteiger partial charge on any atom is -0.308 e. The summed E-state index contributed by atoms with van der Waals surface area (Å²) in [5.74, 6) is -0.195. The monoisotopic (exact) mass is 468 g/mol. The molecule has 0 N–H and O–H groups in total. The van der Waals surface area contributed by atoms with Gasteiger partial charge >= 0.3 is 0 Å². The zero-order valence-corrected chi connectivity index (χ0v) is 19.2. The highest BCUT2D eigenvalue weighted by molar-refractivity contribution is 7.89. The number of piperidine rings is 1. The summed E-state index contributed by atoms with van der Waals surface area (Å²) in [7, 11) is -3.60. The summed E-state index contributed by atoms with van der Waals surface area (Å²) in [4.78, 5) is 15.5. The third-order valence-corrected chi connectivity index (χ3v) is 7.94. The molecule has 4 rings (SSSR count). The van der Waals surface area contributed by atoms with Gasteiger partial charge in [0.25, 0.3) is 0 Å². The molecular weight excluding hydrogens is 444 g/mol. The zero-order chi connectivity index (χ0) is 22.6. The average Bonchev–Trinajstić information content (AvgIpc) is 2.84. The highest BCUT2D eigenvalue weighted by Crippen LogP contribution is 2.28. The van der Waals surface area contributed by atoms with Crippen LogP contribution < -0.4 is 4.90 Å². The minimum absolute atomic E-state index is 0.0311. The molecule has 0 spiro atoms. The summed E-state index contributed by atoms with van der Waals surface area (Å²) in [5.41, 5.74) is 1.89. The lowest BCUT2D eigenvalue weighted by Crippen LogP contribution is -2.44. The van der Waals surface area contributed by atoms with Crippen molar-refractivity contribution in [3.05, 3.63) is 95.5 Å². The number of amides is 1. The van der Waals surface area contributed by atoms with E-state index >= 15 is 0 Å². The van der Waals surface area contributed by atoms with E-state index in [-0.39, 0.29) is 16.7 Å². The first-order valence-corrected chi connectivity index (χ1v) is 12.4. The van der Waals surface area contributed by atoms with Crippen molar-refractivity contribution in [3.8, 4) is 0 Å². The van der Waals surface area contributed by atoms with E-state index in [0.717, 1.165) is 11.3 Å². The van der Waals surface area contributed by atoms with Crippen molar-refractivity contribution >= 4 is 33.2 Å². The smallest absolute Gasteiger partial charge is 0.243 e. The minimum atomic E-state index is -3.60. The van der Waals surface area contributed by atoms with E-state index in [1.807, 2.05) is 65.6 Å². The summed E-state index contributed by atoms with van der Waals surface area (Å²) in [5, 5.41) is 0.493. The number of sulfonamides is 1. The van der Waals surface area contributed by atoms with E-state index in [2.05, 4.69) is 0 Å². The molecule has 1 aliphatic rings. The number of anilines is 1. The number of nitrogens with zero attached hydrogens (tertiary/aromatic N) is 2. The molecule has 3 aromatic rings. The first-order chi connectivity index (χ1) is 15.4. The lowest BCUT2D eigenvalue weighted by Gasteiger charge is -2.34. The predicted octanol–water partition coefficient (Wildman–Crippen LogP) is 4.97. The second-order valence-electron chi connectivity index (χ2n) is 7.88. The first-order valence-electron chi connectivity index (χ1n) is 10.6. The molecule has 1 aliphatic heterocycles.